The highest BCUT2D eigenvalue weighted by molar-refractivity contribution is 6.30. The van der Waals surface area contributed by atoms with Crippen LogP contribution < -0.4 is 4.90 Å². The summed E-state index contributed by atoms with van der Waals surface area (Å²) in [6, 6.07) is 15.2. The quantitative estimate of drug-likeness (QED) is 0.713. The number of hydrogen-bond donors (Lipinski definition) is 0. The van der Waals surface area contributed by atoms with E-state index in [4.69, 9.17) is 11.6 Å². The number of amides is 1. The van der Waals surface area contributed by atoms with Crippen LogP contribution in [0.2, 0.25) is 5.02 Å². The molecule has 0 bridgehead atoms. The topological polar surface area (TPSA) is 54.3 Å². The number of anilines is 1. The van der Waals surface area contributed by atoms with Crippen LogP contribution in [0, 0.1) is 0 Å². The second kappa shape index (κ2) is 6.46. The third kappa shape index (κ3) is 2.82. The Kier molecular flexibility index (Phi) is 4.12. The summed E-state index contributed by atoms with van der Waals surface area (Å²) in [6.45, 7) is 0.568. The number of nitrogens with zero attached hydrogens (tertiary/aromatic N) is 5. The lowest BCUT2D eigenvalue weighted by molar-refractivity contribution is 0.0707. The van der Waals surface area contributed by atoms with Crippen molar-refractivity contribution in [1.29, 1.82) is 0 Å². The molecule has 0 unspecified atom stereocenters. The highest BCUT2D eigenvalue weighted by Gasteiger charge is 2.35. The number of para-hydroxylation sites is 1. The van der Waals surface area contributed by atoms with Gasteiger partial charge in [-0.15, -0.1) is 5.10 Å². The number of benzene rings is 2. The smallest absolute Gasteiger partial charge is 0.257 e. The summed E-state index contributed by atoms with van der Waals surface area (Å²) < 4.78 is 1.76. The molecule has 2 aromatic carbocycles. The van der Waals surface area contributed by atoms with Crippen molar-refractivity contribution >= 4 is 23.2 Å². The number of hydrogen-bond acceptors (Lipinski definition) is 4. The van der Waals surface area contributed by atoms with Gasteiger partial charge in [0.1, 0.15) is 5.69 Å². The van der Waals surface area contributed by atoms with Crippen LogP contribution in [0.5, 0.6) is 0 Å². The van der Waals surface area contributed by atoms with E-state index in [-0.39, 0.29) is 12.1 Å². The molecular weight excluding hydrogens is 350 g/mol. The molecule has 0 saturated heterocycles. The van der Waals surface area contributed by atoms with Crippen LogP contribution in [0.15, 0.2) is 54.7 Å². The Morgan fingerprint density at radius 3 is 2.69 bits per heavy atom. The molecule has 0 saturated carbocycles. The average Bonchev–Trinajstić information content (AvgIpc) is 3.08. The fraction of sp³-hybridized carbons (Fsp3) is 0.211. The predicted molar refractivity (Wildman–Crippen MR) is 100 cm³/mol. The van der Waals surface area contributed by atoms with Crippen molar-refractivity contribution in [2.75, 3.05) is 19.0 Å². The van der Waals surface area contributed by atoms with E-state index in [2.05, 4.69) is 10.3 Å². The SMILES string of the molecule is CN1C(=O)c2ccccc2N(C)[C@@H]1c1cn(Cc2cccc(Cl)c2)nn1. The van der Waals surface area contributed by atoms with Crippen molar-refractivity contribution < 1.29 is 4.79 Å². The molecule has 0 spiro atoms. The van der Waals surface area contributed by atoms with E-state index in [1.807, 2.05) is 66.7 Å². The number of aromatic nitrogens is 3. The van der Waals surface area contributed by atoms with Crippen molar-refractivity contribution in [3.63, 3.8) is 0 Å². The zero-order valence-electron chi connectivity index (χ0n) is 14.5. The van der Waals surface area contributed by atoms with Crippen molar-refractivity contribution in [3.8, 4) is 0 Å². The van der Waals surface area contributed by atoms with Gasteiger partial charge in [0.05, 0.1) is 24.0 Å². The zero-order chi connectivity index (χ0) is 18.3. The van der Waals surface area contributed by atoms with Crippen LogP contribution in [0.1, 0.15) is 27.8 Å². The maximum atomic E-state index is 12.7. The van der Waals surface area contributed by atoms with Gasteiger partial charge in [-0.1, -0.05) is 41.1 Å². The summed E-state index contributed by atoms with van der Waals surface area (Å²) in [7, 11) is 3.75. The van der Waals surface area contributed by atoms with Gasteiger partial charge in [0.25, 0.3) is 5.91 Å². The fourth-order valence-corrected chi connectivity index (χ4v) is 3.60. The molecule has 1 aliphatic rings. The van der Waals surface area contributed by atoms with Gasteiger partial charge in [-0.2, -0.15) is 0 Å². The van der Waals surface area contributed by atoms with Crippen LogP contribution >= 0.6 is 11.6 Å². The summed E-state index contributed by atoms with van der Waals surface area (Å²) in [5.41, 5.74) is 3.35. The molecule has 1 aliphatic heterocycles. The first-order chi connectivity index (χ1) is 12.5. The first kappa shape index (κ1) is 16.6. The van der Waals surface area contributed by atoms with E-state index in [9.17, 15) is 4.79 Å². The van der Waals surface area contributed by atoms with Gasteiger partial charge >= 0.3 is 0 Å². The molecule has 3 aromatic rings. The Hall–Kier alpha value is -2.86. The summed E-state index contributed by atoms with van der Waals surface area (Å²) >= 11 is 6.04. The lowest BCUT2D eigenvalue weighted by Crippen LogP contribution is -2.45. The Labute approximate surface area is 156 Å². The zero-order valence-corrected chi connectivity index (χ0v) is 15.3. The Bertz CT molecular complexity index is 970. The lowest BCUT2D eigenvalue weighted by atomic mass is 10.1. The van der Waals surface area contributed by atoms with E-state index in [0.29, 0.717) is 17.1 Å². The number of halogens is 1. The van der Waals surface area contributed by atoms with E-state index < -0.39 is 0 Å². The standard InChI is InChI=1S/C19H18ClN5O/c1-23-17-9-4-3-8-15(17)19(26)24(2)18(23)16-12-25(22-21-16)11-13-6-5-7-14(20)10-13/h3-10,12,18H,11H2,1-2H3/t18-/m0/s1. The van der Waals surface area contributed by atoms with Crippen molar-refractivity contribution in [2.45, 2.75) is 12.7 Å². The van der Waals surface area contributed by atoms with Gasteiger partial charge < -0.3 is 9.80 Å². The van der Waals surface area contributed by atoms with Crippen LogP contribution in [0.4, 0.5) is 5.69 Å². The van der Waals surface area contributed by atoms with Crippen LogP contribution in [0.25, 0.3) is 0 Å². The summed E-state index contributed by atoms with van der Waals surface area (Å²) in [5, 5.41) is 9.23. The Morgan fingerprint density at radius 2 is 1.88 bits per heavy atom. The van der Waals surface area contributed by atoms with Gasteiger partial charge in [-0.25, -0.2) is 4.68 Å². The molecule has 1 amide bonds. The first-order valence-corrected chi connectivity index (χ1v) is 8.66. The normalized spacial score (nSPS) is 16.7. The summed E-state index contributed by atoms with van der Waals surface area (Å²) in [4.78, 5) is 16.4. The maximum Gasteiger partial charge on any atom is 0.257 e. The monoisotopic (exact) mass is 367 g/mol. The van der Waals surface area contributed by atoms with Crippen LogP contribution in [0.3, 0.4) is 0 Å². The van der Waals surface area contributed by atoms with Gasteiger partial charge in [0.15, 0.2) is 6.17 Å². The summed E-state index contributed by atoms with van der Waals surface area (Å²) in [6.07, 6.45) is 1.57. The third-order valence-corrected chi connectivity index (χ3v) is 4.86. The molecule has 1 atom stereocenters. The number of carbonyl (C=O) groups is 1. The number of carbonyl (C=O) groups excluding carboxylic acids is 1. The maximum absolute atomic E-state index is 12.7. The van der Waals surface area contributed by atoms with E-state index in [1.54, 1.807) is 16.6 Å². The number of rotatable bonds is 3. The minimum atomic E-state index is -0.300. The molecule has 4 rings (SSSR count). The van der Waals surface area contributed by atoms with Crippen molar-refractivity contribution in [3.05, 3.63) is 76.6 Å². The van der Waals surface area contributed by atoms with E-state index in [1.165, 1.54) is 0 Å². The molecule has 2 heterocycles. The molecule has 0 radical (unpaired) electrons. The van der Waals surface area contributed by atoms with Gasteiger partial charge in [-0.3, -0.25) is 4.79 Å². The van der Waals surface area contributed by atoms with Crippen LogP contribution in [-0.4, -0.2) is 39.9 Å². The highest BCUT2D eigenvalue weighted by atomic mass is 35.5. The van der Waals surface area contributed by atoms with Gasteiger partial charge in [-0.05, 0) is 29.8 Å². The Morgan fingerprint density at radius 1 is 1.08 bits per heavy atom. The molecule has 7 heteroatoms. The molecule has 0 fully saturated rings. The largest absolute Gasteiger partial charge is 0.348 e. The molecular formula is C19H18ClN5O. The minimum absolute atomic E-state index is 0.0203. The van der Waals surface area contributed by atoms with Crippen molar-refractivity contribution in [1.82, 2.24) is 19.9 Å². The molecule has 26 heavy (non-hydrogen) atoms. The minimum Gasteiger partial charge on any atom is -0.348 e. The second-order valence-corrected chi connectivity index (χ2v) is 6.83. The molecule has 1 aromatic heterocycles. The molecule has 132 valence electrons. The fourth-order valence-electron chi connectivity index (χ4n) is 3.38. The van der Waals surface area contributed by atoms with E-state index >= 15 is 0 Å². The second-order valence-electron chi connectivity index (χ2n) is 6.39. The van der Waals surface area contributed by atoms with Crippen LogP contribution in [-0.2, 0) is 6.54 Å². The van der Waals surface area contributed by atoms with Crippen molar-refractivity contribution in [2.24, 2.45) is 0 Å². The summed E-state index contributed by atoms with van der Waals surface area (Å²) in [5.74, 6) is -0.0203. The third-order valence-electron chi connectivity index (χ3n) is 4.62. The first-order valence-electron chi connectivity index (χ1n) is 8.28. The highest BCUT2D eigenvalue weighted by Crippen LogP contribution is 2.35. The van der Waals surface area contributed by atoms with E-state index in [0.717, 1.165) is 16.9 Å². The van der Waals surface area contributed by atoms with Gasteiger partial charge in [0.2, 0.25) is 0 Å². The molecule has 0 aliphatic carbocycles. The average molecular weight is 368 g/mol. The van der Waals surface area contributed by atoms with Gasteiger partial charge in [0, 0.05) is 19.1 Å². The lowest BCUT2D eigenvalue weighted by Gasteiger charge is -2.40. The molecule has 0 N–H and O–H groups in total. The molecule has 6 nitrogen and oxygen atoms in total. The predicted octanol–water partition coefficient (Wildman–Crippen LogP) is 3.20. The number of fused-ring (bicyclic) bond motifs is 1. The Balaban J connectivity index is 1.64.